The molecule has 0 saturated heterocycles. The van der Waals surface area contributed by atoms with Crippen molar-refractivity contribution in [3.63, 3.8) is 0 Å². The Morgan fingerprint density at radius 1 is 1.12 bits per heavy atom. The maximum absolute atomic E-state index is 12.8. The number of halogens is 1. The topological polar surface area (TPSA) is 74.6 Å². The van der Waals surface area contributed by atoms with E-state index in [9.17, 15) is 14.0 Å². The number of carboxylic acids is 2. The second-order valence-corrected chi connectivity index (χ2v) is 4.21. The van der Waals surface area contributed by atoms with Gasteiger partial charge < -0.3 is 10.2 Å². The van der Waals surface area contributed by atoms with Crippen LogP contribution in [-0.4, -0.2) is 22.2 Å². The summed E-state index contributed by atoms with van der Waals surface area (Å²) in [7, 11) is 0. The molecule has 0 amide bonds. The van der Waals surface area contributed by atoms with E-state index in [1.54, 1.807) is 6.92 Å². The van der Waals surface area contributed by atoms with Crippen LogP contribution < -0.4 is 0 Å². The lowest BCUT2D eigenvalue weighted by Crippen LogP contribution is -2.29. The summed E-state index contributed by atoms with van der Waals surface area (Å²) in [5.41, 5.74) is -0.533. The normalized spacial score (nSPS) is 11.2. The smallest absolute Gasteiger partial charge is 0.304 e. The van der Waals surface area contributed by atoms with E-state index in [1.807, 2.05) is 0 Å². The Morgan fingerprint density at radius 3 is 1.88 bits per heavy atom. The number of aliphatic carboxylic acids is 2. The van der Waals surface area contributed by atoms with Crippen LogP contribution in [0.4, 0.5) is 4.39 Å². The van der Waals surface area contributed by atoms with E-state index in [4.69, 9.17) is 10.2 Å². The third kappa shape index (κ3) is 3.55. The van der Waals surface area contributed by atoms with Crippen molar-refractivity contribution in [1.29, 1.82) is 0 Å². The van der Waals surface area contributed by atoms with Crippen molar-refractivity contribution in [3.8, 4) is 0 Å². The predicted molar refractivity (Wildman–Crippen MR) is 58.3 cm³/mol. The molecule has 92 valence electrons. The molecule has 0 atom stereocenters. The average Bonchev–Trinajstić information content (AvgIpc) is 2.15. The third-order valence-corrected chi connectivity index (χ3v) is 2.62. The van der Waals surface area contributed by atoms with Gasteiger partial charge in [-0.25, -0.2) is 4.39 Å². The van der Waals surface area contributed by atoms with Gasteiger partial charge in [-0.3, -0.25) is 9.59 Å². The highest BCUT2D eigenvalue weighted by Crippen LogP contribution is 2.31. The van der Waals surface area contributed by atoms with Crippen LogP contribution >= 0.6 is 0 Å². The molecule has 0 bridgehead atoms. The Balaban J connectivity index is 3.08. The van der Waals surface area contributed by atoms with Crippen LogP contribution in [0.1, 0.15) is 25.3 Å². The molecule has 0 radical (unpaired) electrons. The summed E-state index contributed by atoms with van der Waals surface area (Å²) in [5.74, 6) is -2.61. The molecule has 2 N–H and O–H groups in total. The van der Waals surface area contributed by atoms with Crippen molar-refractivity contribution in [3.05, 3.63) is 35.6 Å². The van der Waals surface area contributed by atoms with Gasteiger partial charge in [0.2, 0.25) is 0 Å². The SMILES string of the molecule is CC(CC(=O)O)(CC(=O)O)c1ccc(F)cc1. The van der Waals surface area contributed by atoms with Crippen LogP contribution in [0, 0.1) is 5.82 Å². The molecule has 0 fully saturated rings. The first-order valence-electron chi connectivity index (χ1n) is 5.03. The molecule has 1 aromatic rings. The summed E-state index contributed by atoms with van der Waals surface area (Å²) in [6.07, 6.45) is -0.629. The molecule has 0 spiro atoms. The fourth-order valence-electron chi connectivity index (χ4n) is 1.79. The first-order valence-corrected chi connectivity index (χ1v) is 5.03. The highest BCUT2D eigenvalue weighted by molar-refractivity contribution is 5.73. The maximum atomic E-state index is 12.8. The second-order valence-electron chi connectivity index (χ2n) is 4.21. The molecule has 5 heteroatoms. The van der Waals surface area contributed by atoms with E-state index in [0.717, 1.165) is 0 Å². The average molecular weight is 240 g/mol. The van der Waals surface area contributed by atoms with Crippen molar-refractivity contribution in [2.24, 2.45) is 0 Å². The Morgan fingerprint density at radius 2 is 1.53 bits per heavy atom. The van der Waals surface area contributed by atoms with E-state index in [2.05, 4.69) is 0 Å². The summed E-state index contributed by atoms with van der Waals surface area (Å²) in [6.45, 7) is 1.54. The fraction of sp³-hybridized carbons (Fsp3) is 0.333. The van der Waals surface area contributed by atoms with Gasteiger partial charge in [0.05, 0.1) is 12.8 Å². The molecule has 0 aliphatic heterocycles. The zero-order valence-corrected chi connectivity index (χ0v) is 9.31. The Bertz CT molecular complexity index is 409. The quantitative estimate of drug-likeness (QED) is 0.825. The van der Waals surface area contributed by atoms with Gasteiger partial charge in [-0.1, -0.05) is 19.1 Å². The third-order valence-electron chi connectivity index (χ3n) is 2.62. The lowest BCUT2D eigenvalue weighted by atomic mass is 9.77. The van der Waals surface area contributed by atoms with Crippen LogP contribution in [0.25, 0.3) is 0 Å². The molecule has 0 aromatic heterocycles. The van der Waals surface area contributed by atoms with E-state index >= 15 is 0 Å². The van der Waals surface area contributed by atoms with Gasteiger partial charge in [0.25, 0.3) is 0 Å². The summed E-state index contributed by atoms with van der Waals surface area (Å²) >= 11 is 0. The van der Waals surface area contributed by atoms with E-state index in [-0.39, 0.29) is 12.8 Å². The highest BCUT2D eigenvalue weighted by Gasteiger charge is 2.32. The molecule has 0 saturated carbocycles. The standard InChI is InChI=1S/C12H13FO4/c1-12(6-10(14)15,7-11(16)17)8-2-4-9(13)5-3-8/h2-5H,6-7H2,1H3,(H,14,15)(H,16,17). The molecular weight excluding hydrogens is 227 g/mol. The lowest BCUT2D eigenvalue weighted by molar-refractivity contribution is -0.141. The van der Waals surface area contributed by atoms with E-state index < -0.39 is 23.2 Å². The Hall–Kier alpha value is -1.91. The number of hydrogen-bond acceptors (Lipinski definition) is 2. The first-order chi connectivity index (χ1) is 7.83. The van der Waals surface area contributed by atoms with E-state index in [1.165, 1.54) is 24.3 Å². The van der Waals surface area contributed by atoms with E-state index in [0.29, 0.717) is 5.56 Å². The minimum absolute atomic E-state index is 0.315. The molecule has 1 rings (SSSR count). The summed E-state index contributed by atoms with van der Waals surface area (Å²) in [5, 5.41) is 17.6. The monoisotopic (exact) mass is 240 g/mol. The van der Waals surface area contributed by atoms with Gasteiger partial charge in [-0.15, -0.1) is 0 Å². The summed E-state index contributed by atoms with van der Waals surface area (Å²) in [4.78, 5) is 21.5. The minimum Gasteiger partial charge on any atom is -0.481 e. The van der Waals surface area contributed by atoms with Crippen molar-refractivity contribution in [2.75, 3.05) is 0 Å². The zero-order valence-electron chi connectivity index (χ0n) is 9.31. The number of carbonyl (C=O) groups is 2. The van der Waals surface area contributed by atoms with Gasteiger partial charge in [0.15, 0.2) is 0 Å². The van der Waals surface area contributed by atoms with Gasteiger partial charge in [0.1, 0.15) is 5.82 Å². The highest BCUT2D eigenvalue weighted by atomic mass is 19.1. The van der Waals surface area contributed by atoms with Crippen molar-refractivity contribution < 1.29 is 24.2 Å². The van der Waals surface area contributed by atoms with Crippen LogP contribution in [0.5, 0.6) is 0 Å². The van der Waals surface area contributed by atoms with Gasteiger partial charge >= 0.3 is 11.9 Å². The van der Waals surface area contributed by atoms with Gasteiger partial charge in [-0.2, -0.15) is 0 Å². The van der Waals surface area contributed by atoms with Gasteiger partial charge in [-0.05, 0) is 17.7 Å². The molecule has 4 nitrogen and oxygen atoms in total. The van der Waals surface area contributed by atoms with Crippen LogP contribution in [0.3, 0.4) is 0 Å². The number of rotatable bonds is 5. The second kappa shape index (κ2) is 4.95. The lowest BCUT2D eigenvalue weighted by Gasteiger charge is -2.26. The summed E-state index contributed by atoms with van der Waals surface area (Å²) in [6, 6.07) is 5.22. The van der Waals surface area contributed by atoms with Crippen LogP contribution in [0.15, 0.2) is 24.3 Å². The van der Waals surface area contributed by atoms with Crippen molar-refractivity contribution in [1.82, 2.24) is 0 Å². The molecular formula is C12H13FO4. The molecule has 0 heterocycles. The minimum atomic E-state index is -1.09. The van der Waals surface area contributed by atoms with Crippen molar-refractivity contribution in [2.45, 2.75) is 25.2 Å². The number of hydrogen-bond donors (Lipinski definition) is 2. The predicted octanol–water partition coefficient (Wildman–Crippen LogP) is 2.03. The summed E-state index contributed by atoms with van der Waals surface area (Å²) < 4.78 is 12.8. The molecule has 0 unspecified atom stereocenters. The molecule has 0 aliphatic carbocycles. The maximum Gasteiger partial charge on any atom is 0.304 e. The Labute approximate surface area is 97.7 Å². The number of carboxylic acid groups (broad SMARTS) is 2. The first kappa shape index (κ1) is 13.2. The number of benzene rings is 1. The van der Waals surface area contributed by atoms with Gasteiger partial charge in [0, 0.05) is 5.41 Å². The zero-order chi connectivity index (χ0) is 13.1. The van der Waals surface area contributed by atoms with Crippen LogP contribution in [0.2, 0.25) is 0 Å². The van der Waals surface area contributed by atoms with Crippen molar-refractivity contribution >= 4 is 11.9 Å². The molecule has 0 aliphatic rings. The fourth-order valence-corrected chi connectivity index (χ4v) is 1.79. The Kier molecular flexibility index (Phi) is 3.83. The van der Waals surface area contributed by atoms with Crippen LogP contribution in [-0.2, 0) is 15.0 Å². The molecule has 17 heavy (non-hydrogen) atoms. The molecule has 1 aromatic carbocycles. The largest absolute Gasteiger partial charge is 0.481 e.